The zero-order chi connectivity index (χ0) is 16.1. The highest BCUT2D eigenvalue weighted by Gasteiger charge is 2.26. The van der Waals surface area contributed by atoms with E-state index >= 15 is 0 Å². The number of aliphatic hydroxyl groups excluding tert-OH is 1. The molecule has 0 aliphatic carbocycles. The van der Waals surface area contributed by atoms with E-state index < -0.39 is 0 Å². The van der Waals surface area contributed by atoms with Crippen molar-refractivity contribution in [2.75, 3.05) is 32.8 Å². The highest BCUT2D eigenvalue weighted by Crippen LogP contribution is 2.18. The minimum absolute atomic E-state index is 0.00878. The molecule has 1 heterocycles. The van der Waals surface area contributed by atoms with Crippen molar-refractivity contribution in [3.8, 4) is 0 Å². The predicted octanol–water partition coefficient (Wildman–Crippen LogP) is 1.62. The Labute approximate surface area is 131 Å². The number of benzene rings is 1. The molecular weight excluding hydrogens is 280 g/mol. The van der Waals surface area contributed by atoms with Crippen molar-refractivity contribution in [3.05, 3.63) is 35.4 Å². The lowest BCUT2D eigenvalue weighted by atomic mass is 10.1. The van der Waals surface area contributed by atoms with Crippen LogP contribution in [-0.2, 0) is 0 Å². The van der Waals surface area contributed by atoms with Crippen LogP contribution in [0.5, 0.6) is 0 Å². The van der Waals surface area contributed by atoms with Gasteiger partial charge in [-0.2, -0.15) is 0 Å². The van der Waals surface area contributed by atoms with Crippen LogP contribution in [0.3, 0.4) is 0 Å². The van der Waals surface area contributed by atoms with Gasteiger partial charge in [-0.25, -0.2) is 0 Å². The Kier molecular flexibility index (Phi) is 5.55. The molecule has 0 radical (unpaired) electrons. The highest BCUT2D eigenvalue weighted by atomic mass is 16.3. The van der Waals surface area contributed by atoms with Crippen LogP contribution >= 0.6 is 0 Å². The maximum atomic E-state index is 12.4. The SMILES string of the molecule is CCN(CC)C(=O)c1ccc(C(=O)N2CCC(CO)C2)cc1. The minimum Gasteiger partial charge on any atom is -0.396 e. The second kappa shape index (κ2) is 7.40. The van der Waals surface area contributed by atoms with Gasteiger partial charge in [0.05, 0.1) is 0 Å². The van der Waals surface area contributed by atoms with Gasteiger partial charge < -0.3 is 14.9 Å². The van der Waals surface area contributed by atoms with E-state index in [-0.39, 0.29) is 24.3 Å². The van der Waals surface area contributed by atoms with E-state index in [1.54, 1.807) is 34.1 Å². The first-order chi connectivity index (χ1) is 10.6. The van der Waals surface area contributed by atoms with Crippen LogP contribution in [0.4, 0.5) is 0 Å². The maximum absolute atomic E-state index is 12.4. The number of rotatable bonds is 5. The maximum Gasteiger partial charge on any atom is 0.253 e. The van der Waals surface area contributed by atoms with Gasteiger partial charge in [0.1, 0.15) is 0 Å². The largest absolute Gasteiger partial charge is 0.396 e. The van der Waals surface area contributed by atoms with Gasteiger partial charge in [0.2, 0.25) is 0 Å². The van der Waals surface area contributed by atoms with E-state index in [2.05, 4.69) is 0 Å². The lowest BCUT2D eigenvalue weighted by Crippen LogP contribution is -2.31. The summed E-state index contributed by atoms with van der Waals surface area (Å²) in [4.78, 5) is 28.1. The molecule has 1 aliphatic heterocycles. The van der Waals surface area contributed by atoms with Crippen molar-refractivity contribution in [3.63, 3.8) is 0 Å². The number of hydrogen-bond acceptors (Lipinski definition) is 3. The van der Waals surface area contributed by atoms with Crippen molar-refractivity contribution >= 4 is 11.8 Å². The average molecular weight is 304 g/mol. The quantitative estimate of drug-likeness (QED) is 0.899. The minimum atomic E-state index is -0.0298. The van der Waals surface area contributed by atoms with E-state index in [1.807, 2.05) is 13.8 Å². The van der Waals surface area contributed by atoms with Crippen LogP contribution in [0.15, 0.2) is 24.3 Å². The first kappa shape index (κ1) is 16.5. The molecule has 22 heavy (non-hydrogen) atoms. The lowest BCUT2D eigenvalue weighted by molar-refractivity contribution is 0.0764. The molecular formula is C17H24N2O3. The van der Waals surface area contributed by atoms with E-state index in [0.29, 0.717) is 37.3 Å². The third-order valence-electron chi connectivity index (χ3n) is 4.26. The predicted molar refractivity (Wildman–Crippen MR) is 84.8 cm³/mol. The summed E-state index contributed by atoms with van der Waals surface area (Å²) in [6.45, 7) is 6.66. The monoisotopic (exact) mass is 304 g/mol. The number of aliphatic hydroxyl groups is 1. The third-order valence-corrected chi connectivity index (χ3v) is 4.26. The van der Waals surface area contributed by atoms with Crippen LogP contribution in [-0.4, -0.2) is 59.5 Å². The normalized spacial score (nSPS) is 17.6. The lowest BCUT2D eigenvalue weighted by Gasteiger charge is -2.19. The highest BCUT2D eigenvalue weighted by molar-refractivity contribution is 5.97. The van der Waals surface area contributed by atoms with E-state index in [4.69, 9.17) is 5.11 Å². The summed E-state index contributed by atoms with van der Waals surface area (Å²) < 4.78 is 0. The Hall–Kier alpha value is -1.88. The van der Waals surface area contributed by atoms with Gasteiger partial charge in [-0.1, -0.05) is 0 Å². The van der Waals surface area contributed by atoms with Crippen molar-refractivity contribution in [1.29, 1.82) is 0 Å². The first-order valence-corrected chi connectivity index (χ1v) is 7.90. The summed E-state index contributed by atoms with van der Waals surface area (Å²) in [5.74, 6) is 0.149. The van der Waals surface area contributed by atoms with E-state index in [9.17, 15) is 9.59 Å². The number of carbonyl (C=O) groups is 2. The van der Waals surface area contributed by atoms with Crippen molar-refractivity contribution in [2.24, 2.45) is 5.92 Å². The topological polar surface area (TPSA) is 60.9 Å². The molecule has 1 unspecified atom stereocenters. The second-order valence-electron chi connectivity index (χ2n) is 5.64. The van der Waals surface area contributed by atoms with E-state index in [1.165, 1.54) is 0 Å². The molecule has 5 heteroatoms. The fourth-order valence-electron chi connectivity index (χ4n) is 2.80. The molecule has 1 atom stereocenters. The Bertz CT molecular complexity index is 523. The second-order valence-corrected chi connectivity index (χ2v) is 5.64. The molecule has 0 spiro atoms. The molecule has 2 rings (SSSR count). The molecule has 0 bridgehead atoms. The van der Waals surface area contributed by atoms with E-state index in [0.717, 1.165) is 6.42 Å². The molecule has 5 nitrogen and oxygen atoms in total. The number of likely N-dealkylation sites (tertiary alicyclic amines) is 1. The third kappa shape index (κ3) is 3.47. The molecule has 1 fully saturated rings. The molecule has 2 amide bonds. The summed E-state index contributed by atoms with van der Waals surface area (Å²) in [5, 5.41) is 9.15. The zero-order valence-corrected chi connectivity index (χ0v) is 13.3. The van der Waals surface area contributed by atoms with Gasteiger partial charge in [-0.15, -0.1) is 0 Å². The molecule has 120 valence electrons. The summed E-state index contributed by atoms with van der Waals surface area (Å²) in [6, 6.07) is 6.86. The molecule has 1 N–H and O–H groups in total. The zero-order valence-electron chi connectivity index (χ0n) is 13.3. The summed E-state index contributed by atoms with van der Waals surface area (Å²) in [6.07, 6.45) is 0.848. The Balaban J connectivity index is 2.05. The summed E-state index contributed by atoms with van der Waals surface area (Å²) in [7, 11) is 0. The molecule has 1 saturated heterocycles. The van der Waals surface area contributed by atoms with Crippen molar-refractivity contribution in [2.45, 2.75) is 20.3 Å². The van der Waals surface area contributed by atoms with Crippen LogP contribution in [0.1, 0.15) is 41.0 Å². The molecule has 0 saturated carbocycles. The summed E-state index contributed by atoms with van der Waals surface area (Å²) in [5.41, 5.74) is 1.20. The van der Waals surface area contributed by atoms with Gasteiger partial charge >= 0.3 is 0 Å². The standard InChI is InChI=1S/C17H24N2O3/c1-3-18(4-2)16(21)14-5-7-15(8-6-14)17(22)19-10-9-13(11-19)12-20/h5-8,13,20H,3-4,9-12H2,1-2H3. The van der Waals surface area contributed by atoms with Gasteiger partial charge in [0.15, 0.2) is 0 Å². The average Bonchev–Trinajstić information content (AvgIpc) is 3.04. The smallest absolute Gasteiger partial charge is 0.253 e. The molecule has 1 aliphatic rings. The van der Waals surface area contributed by atoms with Gasteiger partial charge in [-0.3, -0.25) is 9.59 Å². The summed E-state index contributed by atoms with van der Waals surface area (Å²) >= 11 is 0. The van der Waals surface area contributed by atoms with Crippen LogP contribution in [0.25, 0.3) is 0 Å². The number of nitrogens with zero attached hydrogens (tertiary/aromatic N) is 2. The Morgan fingerprint density at radius 3 is 2.27 bits per heavy atom. The number of amides is 2. The van der Waals surface area contributed by atoms with Crippen LogP contribution < -0.4 is 0 Å². The Morgan fingerprint density at radius 1 is 1.18 bits per heavy atom. The molecule has 1 aromatic carbocycles. The molecule has 0 aromatic heterocycles. The van der Waals surface area contributed by atoms with Gasteiger partial charge in [-0.05, 0) is 44.5 Å². The first-order valence-electron chi connectivity index (χ1n) is 7.90. The molecule has 1 aromatic rings. The van der Waals surface area contributed by atoms with Crippen molar-refractivity contribution in [1.82, 2.24) is 9.80 Å². The van der Waals surface area contributed by atoms with Gasteiger partial charge in [0.25, 0.3) is 11.8 Å². The fraction of sp³-hybridized carbons (Fsp3) is 0.529. The van der Waals surface area contributed by atoms with Gasteiger partial charge in [0, 0.05) is 49.8 Å². The van der Waals surface area contributed by atoms with Crippen LogP contribution in [0.2, 0.25) is 0 Å². The number of hydrogen-bond donors (Lipinski definition) is 1. The van der Waals surface area contributed by atoms with Crippen molar-refractivity contribution < 1.29 is 14.7 Å². The fourth-order valence-corrected chi connectivity index (χ4v) is 2.80. The van der Waals surface area contributed by atoms with Crippen LogP contribution in [0, 0.1) is 5.92 Å². The number of carbonyl (C=O) groups excluding carboxylic acids is 2. The Morgan fingerprint density at radius 2 is 1.77 bits per heavy atom.